The van der Waals surface area contributed by atoms with Crippen molar-refractivity contribution in [2.45, 2.75) is 26.8 Å². The van der Waals surface area contributed by atoms with Gasteiger partial charge in [-0.05, 0) is 12.8 Å². The molecule has 1 rings (SSSR count). The van der Waals surface area contributed by atoms with Gasteiger partial charge < -0.3 is 10.6 Å². The molecular formula is C13H15F5N2O. The Labute approximate surface area is 118 Å². The average Bonchev–Trinajstić information content (AvgIpc) is 2.42. The molecule has 0 radical (unpaired) electrons. The van der Waals surface area contributed by atoms with Crippen LogP contribution in [-0.2, 0) is 4.79 Å². The molecule has 3 nitrogen and oxygen atoms in total. The van der Waals surface area contributed by atoms with E-state index in [4.69, 9.17) is 0 Å². The summed E-state index contributed by atoms with van der Waals surface area (Å²) >= 11 is 0. The molecule has 0 saturated heterocycles. The van der Waals surface area contributed by atoms with E-state index in [1.165, 1.54) is 0 Å². The number of carbonyl (C=O) groups is 1. The number of hydrogen-bond acceptors (Lipinski definition) is 2. The van der Waals surface area contributed by atoms with Gasteiger partial charge in [-0.3, -0.25) is 4.79 Å². The summed E-state index contributed by atoms with van der Waals surface area (Å²) in [5.74, 6) is -10.9. The summed E-state index contributed by atoms with van der Waals surface area (Å²) in [6.45, 7) is 4.81. The minimum atomic E-state index is -2.24. The second-order valence-electron chi connectivity index (χ2n) is 4.90. The van der Waals surface area contributed by atoms with Crippen LogP contribution < -0.4 is 10.6 Å². The van der Waals surface area contributed by atoms with Crippen LogP contribution in [0.5, 0.6) is 0 Å². The first-order chi connectivity index (χ1) is 9.66. The van der Waals surface area contributed by atoms with Crippen molar-refractivity contribution in [2.75, 3.05) is 11.9 Å². The molecule has 0 bridgehead atoms. The lowest BCUT2D eigenvalue weighted by Gasteiger charge is -2.18. The SMILES string of the molecule is CC(C)C(C)NC(=O)CNc1c(F)c(F)c(F)c(F)c1F. The highest BCUT2D eigenvalue weighted by Gasteiger charge is 2.26. The lowest BCUT2D eigenvalue weighted by molar-refractivity contribution is -0.120. The van der Waals surface area contributed by atoms with Gasteiger partial charge in [0.25, 0.3) is 0 Å². The normalized spacial score (nSPS) is 12.4. The Kier molecular flexibility index (Phi) is 5.51. The van der Waals surface area contributed by atoms with Crippen LogP contribution in [0.2, 0.25) is 0 Å². The largest absolute Gasteiger partial charge is 0.371 e. The smallest absolute Gasteiger partial charge is 0.239 e. The standard InChI is InChI=1S/C13H15F5N2O/c1-5(2)6(3)20-7(21)4-19-13-11(17)9(15)8(14)10(16)12(13)18/h5-6,19H,4H2,1-3H3,(H,20,21). The van der Waals surface area contributed by atoms with Crippen molar-refractivity contribution >= 4 is 11.6 Å². The Balaban J connectivity index is 2.83. The Bertz CT molecular complexity index is 519. The van der Waals surface area contributed by atoms with Crippen molar-refractivity contribution in [3.63, 3.8) is 0 Å². The quantitative estimate of drug-likeness (QED) is 0.499. The number of benzene rings is 1. The van der Waals surface area contributed by atoms with Crippen LogP contribution in [0.25, 0.3) is 0 Å². The molecule has 0 spiro atoms. The maximum absolute atomic E-state index is 13.3. The zero-order chi connectivity index (χ0) is 16.3. The van der Waals surface area contributed by atoms with Gasteiger partial charge in [0, 0.05) is 6.04 Å². The zero-order valence-corrected chi connectivity index (χ0v) is 11.7. The van der Waals surface area contributed by atoms with Crippen LogP contribution >= 0.6 is 0 Å². The van der Waals surface area contributed by atoms with Gasteiger partial charge in [-0.25, -0.2) is 22.0 Å². The first kappa shape index (κ1) is 17.2. The highest BCUT2D eigenvalue weighted by molar-refractivity contribution is 5.81. The third kappa shape index (κ3) is 3.83. The molecule has 2 N–H and O–H groups in total. The van der Waals surface area contributed by atoms with Crippen molar-refractivity contribution in [1.82, 2.24) is 5.32 Å². The molecular weight excluding hydrogens is 295 g/mol. The fourth-order valence-electron chi connectivity index (χ4n) is 1.40. The maximum atomic E-state index is 13.3. The third-order valence-corrected chi connectivity index (χ3v) is 3.02. The fraction of sp³-hybridized carbons (Fsp3) is 0.462. The molecule has 0 aliphatic carbocycles. The predicted molar refractivity (Wildman–Crippen MR) is 67.2 cm³/mol. The third-order valence-electron chi connectivity index (χ3n) is 3.02. The van der Waals surface area contributed by atoms with Crippen LogP contribution in [0.1, 0.15) is 20.8 Å². The molecule has 8 heteroatoms. The van der Waals surface area contributed by atoms with Gasteiger partial charge in [-0.1, -0.05) is 13.8 Å². The highest BCUT2D eigenvalue weighted by atomic mass is 19.2. The summed E-state index contributed by atoms with van der Waals surface area (Å²) in [4.78, 5) is 11.5. The molecule has 21 heavy (non-hydrogen) atoms. The van der Waals surface area contributed by atoms with Crippen LogP contribution in [0, 0.1) is 35.0 Å². The Hall–Kier alpha value is -1.86. The van der Waals surface area contributed by atoms with Crippen LogP contribution in [0.4, 0.5) is 27.6 Å². The summed E-state index contributed by atoms with van der Waals surface area (Å²) in [6.07, 6.45) is 0. The number of anilines is 1. The minimum Gasteiger partial charge on any atom is -0.371 e. The number of halogens is 5. The van der Waals surface area contributed by atoms with Crippen molar-refractivity contribution in [3.8, 4) is 0 Å². The van der Waals surface area contributed by atoms with Crippen molar-refractivity contribution in [2.24, 2.45) is 5.92 Å². The molecule has 1 aromatic carbocycles. The molecule has 1 amide bonds. The predicted octanol–water partition coefficient (Wildman–Crippen LogP) is 2.95. The van der Waals surface area contributed by atoms with Gasteiger partial charge >= 0.3 is 0 Å². The monoisotopic (exact) mass is 310 g/mol. The van der Waals surface area contributed by atoms with Crippen LogP contribution in [0.3, 0.4) is 0 Å². The number of amides is 1. The fourth-order valence-corrected chi connectivity index (χ4v) is 1.40. The highest BCUT2D eigenvalue weighted by Crippen LogP contribution is 2.26. The molecule has 0 aromatic heterocycles. The number of nitrogens with one attached hydrogen (secondary N) is 2. The van der Waals surface area contributed by atoms with E-state index < -0.39 is 47.2 Å². The van der Waals surface area contributed by atoms with E-state index in [-0.39, 0.29) is 12.0 Å². The molecule has 1 aromatic rings. The summed E-state index contributed by atoms with van der Waals surface area (Å²) in [5.41, 5.74) is -1.22. The number of carbonyl (C=O) groups excluding carboxylic acids is 1. The summed E-state index contributed by atoms with van der Waals surface area (Å²) in [5, 5.41) is 4.45. The van der Waals surface area contributed by atoms with E-state index in [1.807, 2.05) is 19.2 Å². The molecule has 0 fully saturated rings. The van der Waals surface area contributed by atoms with Gasteiger partial charge in [-0.2, -0.15) is 0 Å². The number of hydrogen-bond donors (Lipinski definition) is 2. The molecule has 1 unspecified atom stereocenters. The molecule has 0 aliphatic heterocycles. The topological polar surface area (TPSA) is 41.1 Å². The lowest BCUT2D eigenvalue weighted by Crippen LogP contribution is -2.39. The van der Waals surface area contributed by atoms with E-state index in [0.29, 0.717) is 0 Å². The van der Waals surface area contributed by atoms with E-state index >= 15 is 0 Å². The van der Waals surface area contributed by atoms with Gasteiger partial charge in [0.2, 0.25) is 11.7 Å². The summed E-state index contributed by atoms with van der Waals surface area (Å²) in [7, 11) is 0. The van der Waals surface area contributed by atoms with Crippen molar-refractivity contribution < 1.29 is 26.7 Å². The average molecular weight is 310 g/mol. The molecule has 0 heterocycles. The van der Waals surface area contributed by atoms with E-state index in [0.717, 1.165) is 0 Å². The first-order valence-electron chi connectivity index (χ1n) is 6.21. The summed E-state index contributed by atoms with van der Waals surface area (Å²) in [6, 6.07) is -0.198. The Morgan fingerprint density at radius 1 is 0.905 bits per heavy atom. The van der Waals surface area contributed by atoms with Gasteiger partial charge in [0.15, 0.2) is 23.3 Å². The van der Waals surface area contributed by atoms with E-state index in [9.17, 15) is 26.7 Å². The lowest BCUT2D eigenvalue weighted by atomic mass is 10.1. The molecule has 0 saturated carbocycles. The Morgan fingerprint density at radius 3 is 1.76 bits per heavy atom. The second-order valence-corrected chi connectivity index (χ2v) is 4.90. The summed E-state index contributed by atoms with van der Waals surface area (Å²) < 4.78 is 65.4. The van der Waals surface area contributed by atoms with E-state index in [2.05, 4.69) is 5.32 Å². The maximum Gasteiger partial charge on any atom is 0.239 e. The minimum absolute atomic E-state index is 0.128. The molecule has 118 valence electrons. The Morgan fingerprint density at radius 2 is 1.33 bits per heavy atom. The van der Waals surface area contributed by atoms with E-state index in [1.54, 1.807) is 6.92 Å². The molecule has 0 aliphatic rings. The first-order valence-corrected chi connectivity index (χ1v) is 6.21. The number of rotatable bonds is 5. The van der Waals surface area contributed by atoms with Crippen LogP contribution in [-0.4, -0.2) is 18.5 Å². The van der Waals surface area contributed by atoms with Crippen molar-refractivity contribution in [1.29, 1.82) is 0 Å². The van der Waals surface area contributed by atoms with Crippen molar-refractivity contribution in [3.05, 3.63) is 29.1 Å². The molecule has 1 atom stereocenters. The van der Waals surface area contributed by atoms with Gasteiger partial charge in [0.1, 0.15) is 5.69 Å². The van der Waals surface area contributed by atoms with Gasteiger partial charge in [0.05, 0.1) is 6.54 Å². The second kappa shape index (κ2) is 6.73. The van der Waals surface area contributed by atoms with Crippen LogP contribution in [0.15, 0.2) is 0 Å². The van der Waals surface area contributed by atoms with Gasteiger partial charge in [-0.15, -0.1) is 0 Å². The zero-order valence-electron chi connectivity index (χ0n) is 11.7.